The smallest absolute Gasteiger partial charge is 0.125 e. The summed E-state index contributed by atoms with van der Waals surface area (Å²) in [5.41, 5.74) is 7.48. The minimum Gasteiger partial charge on any atom is -0.496 e. The largest absolute Gasteiger partial charge is 0.496 e. The summed E-state index contributed by atoms with van der Waals surface area (Å²) in [7, 11) is 1.79. The molecule has 4 heteroatoms. The third kappa shape index (κ3) is 5.98. The summed E-state index contributed by atoms with van der Waals surface area (Å²) in [6.07, 6.45) is 0. The number of ether oxygens (including phenoxy) is 1. The maximum atomic E-state index is 6.00. The molecule has 0 fully saturated rings. The first-order chi connectivity index (χ1) is 17.5. The second-order valence-electron chi connectivity index (χ2n) is 9.06. The van der Waals surface area contributed by atoms with Crippen LogP contribution >= 0.6 is 0 Å². The molecule has 0 aliphatic carbocycles. The van der Waals surface area contributed by atoms with Crippen molar-refractivity contribution in [3.63, 3.8) is 0 Å². The van der Waals surface area contributed by atoms with Gasteiger partial charge in [-0.2, -0.15) is 0 Å². The van der Waals surface area contributed by atoms with E-state index in [-0.39, 0.29) is 5.92 Å². The van der Waals surface area contributed by atoms with E-state index in [2.05, 4.69) is 123 Å². The Balaban J connectivity index is 2.12. The Kier molecular flexibility index (Phi) is 10.1. The molecule has 0 atom stereocenters. The molecule has 3 aromatic rings. The standard InChI is InChI=1S/C32H45N3O/c1-8-33(9-2)27-18-14-25(15-19-27)32(26-16-20-28(21-17-26)34(10-3)11-4)30-23-22-29(24-31(30)36-7)35(12-5)13-6/h14-24,32H,8-13H2,1-7H3. The topological polar surface area (TPSA) is 19.0 Å². The van der Waals surface area contributed by atoms with E-state index >= 15 is 0 Å². The number of benzene rings is 3. The van der Waals surface area contributed by atoms with E-state index in [1.165, 1.54) is 33.8 Å². The van der Waals surface area contributed by atoms with Gasteiger partial charge in [0.25, 0.3) is 0 Å². The highest BCUT2D eigenvalue weighted by atomic mass is 16.5. The summed E-state index contributed by atoms with van der Waals surface area (Å²) in [4.78, 5) is 7.13. The maximum absolute atomic E-state index is 6.00. The van der Waals surface area contributed by atoms with Crippen molar-refractivity contribution in [2.24, 2.45) is 0 Å². The van der Waals surface area contributed by atoms with Crippen molar-refractivity contribution in [3.05, 3.63) is 83.4 Å². The Morgan fingerprint density at radius 2 is 0.889 bits per heavy atom. The number of rotatable bonds is 13. The molecule has 0 heterocycles. The zero-order valence-corrected chi connectivity index (χ0v) is 23.4. The Labute approximate surface area is 219 Å². The molecule has 3 rings (SSSR count). The van der Waals surface area contributed by atoms with Crippen molar-refractivity contribution < 1.29 is 4.74 Å². The van der Waals surface area contributed by atoms with Gasteiger partial charge < -0.3 is 19.4 Å². The van der Waals surface area contributed by atoms with Crippen LogP contribution in [0.15, 0.2) is 66.7 Å². The summed E-state index contributed by atoms with van der Waals surface area (Å²) in [5.74, 6) is 1.02. The van der Waals surface area contributed by atoms with Crippen molar-refractivity contribution in [2.75, 3.05) is 61.1 Å². The van der Waals surface area contributed by atoms with Crippen LogP contribution in [0, 0.1) is 0 Å². The molecule has 0 unspecified atom stereocenters. The van der Waals surface area contributed by atoms with Crippen molar-refractivity contribution in [1.82, 2.24) is 0 Å². The molecule has 3 aromatic carbocycles. The fourth-order valence-electron chi connectivity index (χ4n) is 5.21. The first kappa shape index (κ1) is 27.4. The number of hydrogen-bond acceptors (Lipinski definition) is 4. The minimum atomic E-state index is 0.0854. The van der Waals surface area contributed by atoms with Crippen LogP contribution in [-0.4, -0.2) is 46.4 Å². The van der Waals surface area contributed by atoms with Crippen LogP contribution in [0.25, 0.3) is 0 Å². The van der Waals surface area contributed by atoms with Crippen molar-refractivity contribution in [1.29, 1.82) is 0 Å². The molecule has 194 valence electrons. The third-order valence-corrected chi connectivity index (χ3v) is 7.37. The fraction of sp³-hybridized carbons (Fsp3) is 0.438. The average molecular weight is 488 g/mol. The van der Waals surface area contributed by atoms with Gasteiger partial charge in [0.15, 0.2) is 0 Å². The van der Waals surface area contributed by atoms with Crippen LogP contribution in [0.4, 0.5) is 17.1 Å². The van der Waals surface area contributed by atoms with Gasteiger partial charge in [-0.15, -0.1) is 0 Å². The van der Waals surface area contributed by atoms with Gasteiger partial charge in [0.05, 0.1) is 7.11 Å². The molecule has 0 aliphatic heterocycles. The lowest BCUT2D eigenvalue weighted by Crippen LogP contribution is -2.22. The van der Waals surface area contributed by atoms with Crippen LogP contribution in [-0.2, 0) is 0 Å². The summed E-state index contributed by atoms with van der Waals surface area (Å²) in [6, 6.07) is 24.9. The van der Waals surface area contributed by atoms with E-state index in [0.29, 0.717) is 0 Å². The number of methoxy groups -OCH3 is 1. The van der Waals surface area contributed by atoms with E-state index in [4.69, 9.17) is 4.74 Å². The zero-order valence-electron chi connectivity index (χ0n) is 23.4. The van der Waals surface area contributed by atoms with E-state index in [1.807, 2.05) is 0 Å². The second kappa shape index (κ2) is 13.2. The molecular formula is C32H45N3O. The number of hydrogen-bond donors (Lipinski definition) is 0. The van der Waals surface area contributed by atoms with Crippen molar-refractivity contribution in [3.8, 4) is 5.75 Å². The van der Waals surface area contributed by atoms with Crippen LogP contribution in [0.2, 0.25) is 0 Å². The quantitative estimate of drug-likeness (QED) is 0.234. The Bertz CT molecular complexity index is 994. The molecule has 0 radical (unpaired) electrons. The first-order valence-corrected chi connectivity index (χ1v) is 13.7. The van der Waals surface area contributed by atoms with Gasteiger partial charge in [-0.05, 0) is 83.0 Å². The maximum Gasteiger partial charge on any atom is 0.125 e. The van der Waals surface area contributed by atoms with Gasteiger partial charge in [-0.1, -0.05) is 30.3 Å². The Morgan fingerprint density at radius 1 is 0.528 bits per heavy atom. The summed E-state index contributed by atoms with van der Waals surface area (Å²) in [5, 5.41) is 0. The second-order valence-corrected chi connectivity index (χ2v) is 9.06. The minimum absolute atomic E-state index is 0.0854. The normalized spacial score (nSPS) is 11.0. The molecule has 0 saturated heterocycles. The highest BCUT2D eigenvalue weighted by Crippen LogP contribution is 2.40. The van der Waals surface area contributed by atoms with Gasteiger partial charge >= 0.3 is 0 Å². The third-order valence-electron chi connectivity index (χ3n) is 7.37. The molecule has 36 heavy (non-hydrogen) atoms. The van der Waals surface area contributed by atoms with E-state index in [0.717, 1.165) is 45.0 Å². The number of nitrogens with zero attached hydrogens (tertiary/aromatic N) is 3. The molecule has 0 N–H and O–H groups in total. The summed E-state index contributed by atoms with van der Waals surface area (Å²) in [6.45, 7) is 19.2. The van der Waals surface area contributed by atoms with Gasteiger partial charge in [-0.3, -0.25) is 0 Å². The highest BCUT2D eigenvalue weighted by Gasteiger charge is 2.22. The average Bonchev–Trinajstić information content (AvgIpc) is 2.93. The monoisotopic (exact) mass is 487 g/mol. The SMILES string of the molecule is CCN(CC)c1ccc(C(c2ccc(N(CC)CC)cc2)c2ccc(N(CC)CC)cc2OC)cc1. The molecular weight excluding hydrogens is 442 g/mol. The molecule has 0 aromatic heterocycles. The Morgan fingerprint density at radius 3 is 1.25 bits per heavy atom. The molecule has 0 amide bonds. The summed E-state index contributed by atoms with van der Waals surface area (Å²) < 4.78 is 6.00. The lowest BCUT2D eigenvalue weighted by atomic mass is 9.84. The van der Waals surface area contributed by atoms with E-state index < -0.39 is 0 Å². The highest BCUT2D eigenvalue weighted by molar-refractivity contribution is 5.60. The lowest BCUT2D eigenvalue weighted by molar-refractivity contribution is 0.409. The Hall–Kier alpha value is -3.14. The van der Waals surface area contributed by atoms with Crippen molar-refractivity contribution >= 4 is 17.1 Å². The molecule has 4 nitrogen and oxygen atoms in total. The number of anilines is 3. The predicted octanol–water partition coefficient (Wildman–Crippen LogP) is 7.41. The van der Waals surface area contributed by atoms with Gasteiger partial charge in [0, 0.05) is 73.9 Å². The fourth-order valence-corrected chi connectivity index (χ4v) is 5.21. The zero-order chi connectivity index (χ0) is 26.1. The summed E-state index contributed by atoms with van der Waals surface area (Å²) >= 11 is 0. The van der Waals surface area contributed by atoms with Crippen LogP contribution in [0.3, 0.4) is 0 Å². The van der Waals surface area contributed by atoms with Crippen molar-refractivity contribution in [2.45, 2.75) is 47.5 Å². The van der Waals surface area contributed by atoms with E-state index in [1.54, 1.807) is 7.11 Å². The van der Waals surface area contributed by atoms with Crippen LogP contribution < -0.4 is 19.4 Å². The molecule has 0 saturated carbocycles. The first-order valence-electron chi connectivity index (χ1n) is 13.7. The van der Waals surface area contributed by atoms with Crippen LogP contribution in [0.1, 0.15) is 64.2 Å². The lowest BCUT2D eigenvalue weighted by Gasteiger charge is -2.27. The van der Waals surface area contributed by atoms with Gasteiger partial charge in [0.2, 0.25) is 0 Å². The molecule has 0 spiro atoms. The van der Waals surface area contributed by atoms with Crippen LogP contribution in [0.5, 0.6) is 5.75 Å². The van der Waals surface area contributed by atoms with Gasteiger partial charge in [-0.25, -0.2) is 0 Å². The van der Waals surface area contributed by atoms with Gasteiger partial charge in [0.1, 0.15) is 5.75 Å². The molecule has 0 bridgehead atoms. The molecule has 0 aliphatic rings. The van der Waals surface area contributed by atoms with E-state index in [9.17, 15) is 0 Å². The predicted molar refractivity (Wildman–Crippen MR) is 158 cm³/mol.